The van der Waals surface area contributed by atoms with Crippen molar-refractivity contribution in [2.45, 2.75) is 26.3 Å². The van der Waals surface area contributed by atoms with Gasteiger partial charge in [-0.15, -0.1) is 11.3 Å². The second-order valence-electron chi connectivity index (χ2n) is 4.60. The standard InChI is InChI=1S/C15H16N2O3S/c1-3-13-17-12(8-21-13)9(2)16-14(18)10-5-4-6-11(7-10)15(19)20/h4-9H,3H2,1-2H3,(H,16,18)(H,19,20). The highest BCUT2D eigenvalue weighted by molar-refractivity contribution is 7.09. The minimum atomic E-state index is -1.05. The number of carbonyl (C=O) groups excluding carboxylic acids is 1. The number of carboxylic acid groups (broad SMARTS) is 1. The minimum Gasteiger partial charge on any atom is -0.478 e. The Kier molecular flexibility index (Phi) is 4.70. The third-order valence-electron chi connectivity index (χ3n) is 3.03. The van der Waals surface area contributed by atoms with Gasteiger partial charge in [0.1, 0.15) is 0 Å². The molecule has 21 heavy (non-hydrogen) atoms. The number of hydrogen-bond donors (Lipinski definition) is 2. The van der Waals surface area contributed by atoms with Gasteiger partial charge in [0.25, 0.3) is 5.91 Å². The predicted octanol–water partition coefficient (Wildman–Crippen LogP) is 2.89. The maximum atomic E-state index is 12.2. The van der Waals surface area contributed by atoms with Crippen molar-refractivity contribution in [1.82, 2.24) is 10.3 Å². The largest absolute Gasteiger partial charge is 0.478 e. The second-order valence-corrected chi connectivity index (χ2v) is 5.54. The Bertz CT molecular complexity index is 666. The maximum Gasteiger partial charge on any atom is 0.335 e. The van der Waals surface area contributed by atoms with Crippen molar-refractivity contribution in [2.75, 3.05) is 0 Å². The van der Waals surface area contributed by atoms with Crippen molar-refractivity contribution < 1.29 is 14.7 Å². The second kappa shape index (κ2) is 6.49. The molecule has 1 aromatic carbocycles. The number of carboxylic acids is 1. The number of rotatable bonds is 5. The summed E-state index contributed by atoms with van der Waals surface area (Å²) in [5.41, 5.74) is 1.24. The van der Waals surface area contributed by atoms with Gasteiger partial charge >= 0.3 is 5.97 Å². The third kappa shape index (κ3) is 3.66. The highest BCUT2D eigenvalue weighted by Gasteiger charge is 2.15. The molecule has 1 aromatic heterocycles. The fourth-order valence-corrected chi connectivity index (χ4v) is 2.67. The monoisotopic (exact) mass is 304 g/mol. The summed E-state index contributed by atoms with van der Waals surface area (Å²) in [5, 5.41) is 14.7. The number of thiazole rings is 1. The first-order valence-electron chi connectivity index (χ1n) is 6.59. The zero-order valence-corrected chi connectivity index (χ0v) is 12.6. The van der Waals surface area contributed by atoms with Gasteiger partial charge in [-0.05, 0) is 31.5 Å². The molecule has 110 valence electrons. The van der Waals surface area contributed by atoms with Gasteiger partial charge < -0.3 is 10.4 Å². The highest BCUT2D eigenvalue weighted by Crippen LogP contribution is 2.17. The first kappa shape index (κ1) is 15.2. The molecule has 2 aromatic rings. The lowest BCUT2D eigenvalue weighted by molar-refractivity contribution is 0.0697. The van der Waals surface area contributed by atoms with Crippen LogP contribution in [0.3, 0.4) is 0 Å². The maximum absolute atomic E-state index is 12.2. The fourth-order valence-electron chi connectivity index (χ4n) is 1.83. The van der Waals surface area contributed by atoms with Crippen molar-refractivity contribution in [3.05, 3.63) is 51.5 Å². The Labute approximate surface area is 126 Å². The number of aromatic nitrogens is 1. The molecule has 0 saturated heterocycles. The average Bonchev–Trinajstić information content (AvgIpc) is 2.96. The van der Waals surface area contributed by atoms with Crippen molar-refractivity contribution in [2.24, 2.45) is 0 Å². The molecule has 5 nitrogen and oxygen atoms in total. The smallest absolute Gasteiger partial charge is 0.335 e. The molecule has 1 unspecified atom stereocenters. The van der Waals surface area contributed by atoms with Crippen LogP contribution in [0.15, 0.2) is 29.6 Å². The number of aromatic carboxylic acids is 1. The van der Waals surface area contributed by atoms with Crippen LogP contribution in [-0.2, 0) is 6.42 Å². The summed E-state index contributed by atoms with van der Waals surface area (Å²) in [6.07, 6.45) is 0.867. The van der Waals surface area contributed by atoms with Crippen molar-refractivity contribution in [1.29, 1.82) is 0 Å². The molecule has 0 aliphatic rings. The van der Waals surface area contributed by atoms with Crippen LogP contribution in [0.2, 0.25) is 0 Å². The molecule has 0 aliphatic heterocycles. The van der Waals surface area contributed by atoms with Gasteiger partial charge in [-0.2, -0.15) is 0 Å². The van der Waals surface area contributed by atoms with Crippen molar-refractivity contribution in [3.63, 3.8) is 0 Å². The van der Waals surface area contributed by atoms with Crippen LogP contribution in [0.1, 0.15) is 51.3 Å². The molecule has 1 heterocycles. The van der Waals surface area contributed by atoms with Crippen LogP contribution in [0, 0.1) is 0 Å². The third-order valence-corrected chi connectivity index (χ3v) is 4.05. The van der Waals surface area contributed by atoms with Gasteiger partial charge in [-0.3, -0.25) is 4.79 Å². The van der Waals surface area contributed by atoms with Gasteiger partial charge in [0.05, 0.1) is 22.3 Å². The lowest BCUT2D eigenvalue weighted by Gasteiger charge is -2.12. The first-order chi connectivity index (χ1) is 10.0. The number of nitrogens with one attached hydrogen (secondary N) is 1. The van der Waals surface area contributed by atoms with Crippen LogP contribution in [0.4, 0.5) is 0 Å². The molecular formula is C15H16N2O3S. The van der Waals surface area contributed by atoms with Gasteiger partial charge in [0.2, 0.25) is 0 Å². The molecule has 0 spiro atoms. The van der Waals surface area contributed by atoms with E-state index >= 15 is 0 Å². The molecule has 0 saturated carbocycles. The molecule has 2 N–H and O–H groups in total. The molecule has 6 heteroatoms. The zero-order chi connectivity index (χ0) is 15.4. The fraction of sp³-hybridized carbons (Fsp3) is 0.267. The van der Waals surface area contributed by atoms with Gasteiger partial charge in [0.15, 0.2) is 0 Å². The Morgan fingerprint density at radius 2 is 2.10 bits per heavy atom. The Morgan fingerprint density at radius 3 is 2.71 bits per heavy atom. The quantitative estimate of drug-likeness (QED) is 0.890. The number of benzene rings is 1. The Balaban J connectivity index is 2.10. The number of hydrogen-bond acceptors (Lipinski definition) is 4. The van der Waals surface area contributed by atoms with E-state index in [9.17, 15) is 9.59 Å². The van der Waals surface area contributed by atoms with Crippen molar-refractivity contribution >= 4 is 23.2 Å². The van der Waals surface area contributed by atoms with Crippen LogP contribution in [0.25, 0.3) is 0 Å². The topological polar surface area (TPSA) is 79.3 Å². The van der Waals surface area contributed by atoms with Crippen LogP contribution in [0.5, 0.6) is 0 Å². The summed E-state index contributed by atoms with van der Waals surface area (Å²) in [6, 6.07) is 5.75. The van der Waals surface area contributed by atoms with Gasteiger partial charge in [0, 0.05) is 10.9 Å². The first-order valence-corrected chi connectivity index (χ1v) is 7.47. The van der Waals surface area contributed by atoms with E-state index in [2.05, 4.69) is 10.3 Å². The van der Waals surface area contributed by atoms with E-state index in [4.69, 9.17) is 5.11 Å². The molecule has 0 aliphatic carbocycles. The summed E-state index contributed by atoms with van der Waals surface area (Å²) in [4.78, 5) is 27.5. The van der Waals surface area contributed by atoms with E-state index in [1.807, 2.05) is 19.2 Å². The summed E-state index contributed by atoms with van der Waals surface area (Å²) in [5.74, 6) is -1.36. The lowest BCUT2D eigenvalue weighted by atomic mass is 10.1. The van der Waals surface area contributed by atoms with E-state index in [-0.39, 0.29) is 17.5 Å². The predicted molar refractivity (Wildman–Crippen MR) is 80.8 cm³/mol. The summed E-state index contributed by atoms with van der Waals surface area (Å²) >= 11 is 1.57. The van der Waals surface area contributed by atoms with Crippen LogP contribution in [-0.4, -0.2) is 22.0 Å². The Hall–Kier alpha value is -2.21. The molecule has 0 fully saturated rings. The van der Waals surface area contributed by atoms with Crippen LogP contribution >= 0.6 is 11.3 Å². The number of nitrogens with zero attached hydrogens (tertiary/aromatic N) is 1. The van der Waals surface area contributed by atoms with E-state index in [1.165, 1.54) is 12.1 Å². The number of carbonyl (C=O) groups is 2. The van der Waals surface area contributed by atoms with Crippen molar-refractivity contribution in [3.8, 4) is 0 Å². The minimum absolute atomic E-state index is 0.0947. The summed E-state index contributed by atoms with van der Waals surface area (Å²) in [7, 11) is 0. The van der Waals surface area contributed by atoms with Gasteiger partial charge in [-0.1, -0.05) is 13.0 Å². The van der Waals surface area contributed by atoms with E-state index in [0.29, 0.717) is 5.56 Å². The van der Waals surface area contributed by atoms with Gasteiger partial charge in [-0.25, -0.2) is 9.78 Å². The van der Waals surface area contributed by atoms with E-state index in [0.717, 1.165) is 17.1 Å². The molecule has 0 radical (unpaired) electrons. The van der Waals surface area contributed by atoms with E-state index in [1.54, 1.807) is 23.5 Å². The van der Waals surface area contributed by atoms with E-state index < -0.39 is 5.97 Å². The summed E-state index contributed by atoms with van der Waals surface area (Å²) < 4.78 is 0. The molecule has 1 amide bonds. The highest BCUT2D eigenvalue weighted by atomic mass is 32.1. The number of aryl methyl sites for hydroxylation is 1. The SMILES string of the molecule is CCc1nc(C(C)NC(=O)c2cccc(C(=O)O)c2)cs1. The Morgan fingerprint density at radius 1 is 1.38 bits per heavy atom. The summed E-state index contributed by atoms with van der Waals surface area (Å²) in [6.45, 7) is 3.89. The lowest BCUT2D eigenvalue weighted by Crippen LogP contribution is -2.27. The van der Waals surface area contributed by atoms with Crippen LogP contribution < -0.4 is 5.32 Å². The molecule has 2 rings (SSSR count). The molecular weight excluding hydrogens is 288 g/mol. The molecule has 1 atom stereocenters. The average molecular weight is 304 g/mol. The number of amides is 1. The molecule has 0 bridgehead atoms. The normalized spacial score (nSPS) is 11.9. The zero-order valence-electron chi connectivity index (χ0n) is 11.8.